The number of hydrogen-bond donors (Lipinski definition) is 1. The van der Waals surface area contributed by atoms with Crippen molar-refractivity contribution < 1.29 is 13.8 Å². The van der Waals surface area contributed by atoms with Gasteiger partial charge in [0.2, 0.25) is 0 Å². The van der Waals surface area contributed by atoms with Gasteiger partial charge in [0.25, 0.3) is 11.8 Å². The summed E-state index contributed by atoms with van der Waals surface area (Å²) >= 11 is 5.95. The molecule has 1 unspecified atom stereocenters. The lowest BCUT2D eigenvalue weighted by Gasteiger charge is -2.11. The monoisotopic (exact) mass is 395 g/mol. The maximum absolute atomic E-state index is 5.95. The number of aromatic nitrogens is 3. The van der Waals surface area contributed by atoms with Crippen molar-refractivity contribution in [3.05, 3.63) is 76.8 Å². The fraction of sp³-hybridized carbons (Fsp3) is 0.190. The fourth-order valence-corrected chi connectivity index (χ4v) is 3.24. The van der Waals surface area contributed by atoms with E-state index in [0.29, 0.717) is 29.8 Å². The molecule has 7 heteroatoms. The van der Waals surface area contributed by atoms with Crippen molar-refractivity contribution in [2.75, 3.05) is 7.05 Å². The van der Waals surface area contributed by atoms with Gasteiger partial charge in [-0.25, -0.2) is 0 Å². The van der Waals surface area contributed by atoms with Crippen LogP contribution >= 0.6 is 11.6 Å². The largest absolute Gasteiger partial charge is 0.415 e. The molecule has 2 aromatic heterocycles. The van der Waals surface area contributed by atoms with E-state index in [9.17, 15) is 0 Å². The van der Waals surface area contributed by atoms with Gasteiger partial charge in [-0.3, -0.25) is 0 Å². The van der Waals surface area contributed by atoms with Crippen molar-refractivity contribution in [2.24, 2.45) is 0 Å². The summed E-state index contributed by atoms with van der Waals surface area (Å²) < 4.78 is 11.3. The number of halogens is 1. The Bertz CT molecular complexity index is 1060. The van der Waals surface area contributed by atoms with Gasteiger partial charge in [-0.2, -0.15) is 0 Å². The van der Waals surface area contributed by atoms with Crippen molar-refractivity contribution in [1.82, 2.24) is 15.4 Å². The molecule has 4 aromatic rings. The molecule has 2 aromatic carbocycles. The third-order valence-electron chi connectivity index (χ3n) is 4.46. The molecular weight excluding hydrogens is 376 g/mol. The molecule has 142 valence electrons. The van der Waals surface area contributed by atoms with Gasteiger partial charge in [0, 0.05) is 16.1 Å². The maximum Gasteiger partial charge on any atom is 0.271 e. The SMILES string of the molecule is Cc1onc(-c2ccccc2)c1-c1nnc(C[NH+](C)Cc2ccc(Cl)cc2)o1. The standard InChI is InChI=1S/C21H19ClN4O2/c1-14-19(20(25-28-14)16-6-4-3-5-7-16)21-24-23-18(27-21)13-26(2)12-15-8-10-17(22)11-9-15/h3-11H,12-13H2,1-2H3/p+1. The van der Waals surface area contributed by atoms with Crippen molar-refractivity contribution in [2.45, 2.75) is 20.0 Å². The zero-order valence-corrected chi connectivity index (χ0v) is 16.4. The molecule has 0 aliphatic carbocycles. The molecule has 0 radical (unpaired) electrons. The first kappa shape index (κ1) is 18.4. The summed E-state index contributed by atoms with van der Waals surface area (Å²) in [6, 6.07) is 17.7. The zero-order valence-electron chi connectivity index (χ0n) is 15.6. The van der Waals surface area contributed by atoms with Gasteiger partial charge in [-0.15, -0.1) is 10.2 Å². The summed E-state index contributed by atoms with van der Waals surface area (Å²) in [5.74, 6) is 1.64. The van der Waals surface area contributed by atoms with Crippen LogP contribution in [0.2, 0.25) is 5.02 Å². The molecule has 0 bridgehead atoms. The molecule has 0 aliphatic heterocycles. The molecule has 6 nitrogen and oxygen atoms in total. The Morgan fingerprint density at radius 3 is 2.46 bits per heavy atom. The van der Waals surface area contributed by atoms with Crippen molar-refractivity contribution in [1.29, 1.82) is 0 Å². The third-order valence-corrected chi connectivity index (χ3v) is 4.71. The number of nitrogens with zero attached hydrogens (tertiary/aromatic N) is 3. The topological polar surface area (TPSA) is 69.4 Å². The van der Waals surface area contributed by atoms with Crippen LogP contribution in [0.4, 0.5) is 0 Å². The van der Waals surface area contributed by atoms with Gasteiger partial charge in [0.1, 0.15) is 23.6 Å². The van der Waals surface area contributed by atoms with Crippen LogP contribution < -0.4 is 4.90 Å². The summed E-state index contributed by atoms with van der Waals surface area (Å²) in [5.41, 5.74) is 3.58. The number of hydrogen-bond acceptors (Lipinski definition) is 5. The number of benzene rings is 2. The number of aryl methyl sites for hydroxylation is 1. The summed E-state index contributed by atoms with van der Waals surface area (Å²) in [4.78, 5) is 1.22. The molecule has 0 saturated carbocycles. The molecule has 4 rings (SSSR count). The highest BCUT2D eigenvalue weighted by Gasteiger charge is 2.22. The van der Waals surface area contributed by atoms with E-state index < -0.39 is 0 Å². The van der Waals surface area contributed by atoms with E-state index >= 15 is 0 Å². The Balaban J connectivity index is 1.52. The smallest absolute Gasteiger partial charge is 0.271 e. The third kappa shape index (κ3) is 3.98. The van der Waals surface area contributed by atoms with Gasteiger partial charge in [0.05, 0.1) is 7.05 Å². The molecule has 0 spiro atoms. The summed E-state index contributed by atoms with van der Waals surface area (Å²) in [6.07, 6.45) is 0. The lowest BCUT2D eigenvalue weighted by molar-refractivity contribution is -0.909. The molecule has 0 fully saturated rings. The zero-order chi connectivity index (χ0) is 19.5. The minimum absolute atomic E-state index is 0.423. The van der Waals surface area contributed by atoms with Gasteiger partial charge in [-0.1, -0.05) is 59.2 Å². The van der Waals surface area contributed by atoms with Crippen LogP contribution in [0.15, 0.2) is 63.5 Å². The van der Waals surface area contributed by atoms with E-state index in [0.717, 1.165) is 22.7 Å². The first-order valence-corrected chi connectivity index (χ1v) is 9.38. The summed E-state index contributed by atoms with van der Waals surface area (Å²) in [5, 5.41) is 13.4. The number of rotatable bonds is 6. The Morgan fingerprint density at radius 2 is 1.71 bits per heavy atom. The Labute approximate surface area is 167 Å². The quantitative estimate of drug-likeness (QED) is 0.540. The van der Waals surface area contributed by atoms with Crippen LogP contribution in [0.5, 0.6) is 0 Å². The molecule has 0 amide bonds. The van der Waals surface area contributed by atoms with Crippen LogP contribution in [-0.4, -0.2) is 22.4 Å². The van der Waals surface area contributed by atoms with E-state index in [1.165, 1.54) is 10.5 Å². The van der Waals surface area contributed by atoms with Gasteiger partial charge < -0.3 is 13.8 Å². The van der Waals surface area contributed by atoms with Crippen molar-refractivity contribution in [3.63, 3.8) is 0 Å². The predicted molar refractivity (Wildman–Crippen MR) is 106 cm³/mol. The summed E-state index contributed by atoms with van der Waals surface area (Å²) in [6.45, 7) is 3.29. The van der Waals surface area contributed by atoms with Gasteiger partial charge >= 0.3 is 0 Å². The van der Waals surface area contributed by atoms with Gasteiger partial charge in [0.15, 0.2) is 6.54 Å². The molecule has 28 heavy (non-hydrogen) atoms. The van der Waals surface area contributed by atoms with E-state index in [2.05, 4.69) is 22.4 Å². The van der Waals surface area contributed by atoms with Crippen LogP contribution in [0.25, 0.3) is 22.7 Å². The normalized spacial score (nSPS) is 12.2. The van der Waals surface area contributed by atoms with Crippen molar-refractivity contribution >= 4 is 11.6 Å². The molecule has 0 saturated heterocycles. The van der Waals surface area contributed by atoms with Crippen LogP contribution in [0.1, 0.15) is 17.2 Å². The first-order valence-electron chi connectivity index (χ1n) is 9.00. The second kappa shape index (κ2) is 7.96. The highest BCUT2D eigenvalue weighted by Crippen LogP contribution is 2.33. The minimum atomic E-state index is 0.423. The minimum Gasteiger partial charge on any atom is -0.415 e. The molecule has 1 N–H and O–H groups in total. The van der Waals surface area contributed by atoms with Crippen LogP contribution in [0, 0.1) is 6.92 Å². The van der Waals surface area contributed by atoms with Crippen LogP contribution in [0.3, 0.4) is 0 Å². The van der Waals surface area contributed by atoms with E-state index in [4.69, 9.17) is 20.5 Å². The number of nitrogens with one attached hydrogen (secondary N) is 1. The Kier molecular flexibility index (Phi) is 5.23. The molecule has 0 aliphatic rings. The summed E-state index contributed by atoms with van der Waals surface area (Å²) in [7, 11) is 2.08. The molecule has 2 heterocycles. The second-order valence-electron chi connectivity index (χ2n) is 6.77. The Morgan fingerprint density at radius 1 is 0.964 bits per heavy atom. The predicted octanol–water partition coefficient (Wildman–Crippen LogP) is 3.57. The molecular formula is C21H20ClN4O2+. The van der Waals surface area contributed by atoms with Crippen LogP contribution in [-0.2, 0) is 13.1 Å². The average Bonchev–Trinajstić information content (AvgIpc) is 3.30. The van der Waals surface area contributed by atoms with Crippen molar-refractivity contribution in [3.8, 4) is 22.7 Å². The Hall–Kier alpha value is -2.96. The number of quaternary nitrogens is 1. The molecule has 1 atom stereocenters. The van der Waals surface area contributed by atoms with Gasteiger partial charge in [-0.05, 0) is 19.1 Å². The van der Waals surface area contributed by atoms with E-state index in [1.54, 1.807) is 0 Å². The van der Waals surface area contributed by atoms with E-state index in [-0.39, 0.29) is 0 Å². The average molecular weight is 396 g/mol. The lowest BCUT2D eigenvalue weighted by Crippen LogP contribution is -3.06. The first-order chi connectivity index (χ1) is 13.6. The fourth-order valence-electron chi connectivity index (χ4n) is 3.11. The maximum atomic E-state index is 5.95. The second-order valence-corrected chi connectivity index (χ2v) is 7.20. The highest BCUT2D eigenvalue weighted by molar-refractivity contribution is 6.30. The highest BCUT2D eigenvalue weighted by atomic mass is 35.5. The lowest BCUT2D eigenvalue weighted by atomic mass is 10.1. The van der Waals surface area contributed by atoms with E-state index in [1.807, 2.05) is 61.5 Å².